The predicted octanol–water partition coefficient (Wildman–Crippen LogP) is 0.598. The maximum atomic E-state index is 10.2. The van der Waals surface area contributed by atoms with E-state index < -0.39 is 0 Å². The fourth-order valence-corrected chi connectivity index (χ4v) is 1.50. The van der Waals surface area contributed by atoms with Crippen molar-refractivity contribution in [2.45, 2.75) is 19.4 Å². The number of nitrogens with zero attached hydrogens (tertiary/aromatic N) is 2. The molecule has 11 heavy (non-hydrogen) atoms. The molecule has 0 unspecified atom stereocenters. The fraction of sp³-hybridized carbons (Fsp3) is 1.00. The summed E-state index contributed by atoms with van der Waals surface area (Å²) in [6.07, 6.45) is 1.05. The first-order valence-electron chi connectivity index (χ1n) is 4.03. The van der Waals surface area contributed by atoms with E-state index in [1.165, 1.54) is 0 Å². The van der Waals surface area contributed by atoms with Gasteiger partial charge in [0.15, 0.2) is 0 Å². The Kier molecular flexibility index (Phi) is 2.82. The Bertz CT molecular complexity index is 140. The van der Waals surface area contributed by atoms with Crippen LogP contribution in [0.3, 0.4) is 0 Å². The third-order valence-corrected chi connectivity index (χ3v) is 2.42. The monoisotopic (exact) mass is 157 g/mol. The lowest BCUT2D eigenvalue weighted by molar-refractivity contribution is 0.156. The highest BCUT2D eigenvalue weighted by atomic mass is 16.3. The molecular weight excluding hydrogens is 142 g/mol. The van der Waals surface area contributed by atoms with Gasteiger partial charge in [-0.25, -0.2) is 0 Å². The highest BCUT2D eigenvalue weighted by molar-refractivity contribution is 4.80. The van der Waals surface area contributed by atoms with Gasteiger partial charge in [-0.3, -0.25) is 5.01 Å². The van der Waals surface area contributed by atoms with Crippen molar-refractivity contribution in [3.63, 3.8) is 0 Å². The second kappa shape index (κ2) is 3.67. The standard InChI is InChI=1S/C7H15N3O/c1-6-3-4-10(9-11)5-7(6)8-2/h6-8H,3-5H2,1-2H3/t6-,7+/m1/s1. The van der Waals surface area contributed by atoms with Gasteiger partial charge in [0.2, 0.25) is 0 Å². The molecule has 0 aromatic rings. The minimum absolute atomic E-state index is 0.418. The zero-order chi connectivity index (χ0) is 8.27. The average molecular weight is 157 g/mol. The van der Waals surface area contributed by atoms with Crippen LogP contribution in [0.15, 0.2) is 5.29 Å². The van der Waals surface area contributed by atoms with E-state index in [0.717, 1.165) is 19.5 Å². The Labute approximate surface area is 66.9 Å². The van der Waals surface area contributed by atoms with Crippen molar-refractivity contribution >= 4 is 0 Å². The molecule has 64 valence electrons. The third kappa shape index (κ3) is 1.89. The lowest BCUT2D eigenvalue weighted by atomic mass is 9.95. The molecule has 0 radical (unpaired) electrons. The number of nitroso groups, excluding NO2 is 1. The Morgan fingerprint density at radius 2 is 2.36 bits per heavy atom. The zero-order valence-electron chi connectivity index (χ0n) is 7.08. The van der Waals surface area contributed by atoms with E-state index in [4.69, 9.17) is 0 Å². The second-order valence-corrected chi connectivity index (χ2v) is 3.16. The van der Waals surface area contributed by atoms with Crippen molar-refractivity contribution in [2.24, 2.45) is 11.2 Å². The van der Waals surface area contributed by atoms with Gasteiger partial charge in [-0.15, -0.1) is 4.91 Å². The lowest BCUT2D eigenvalue weighted by Gasteiger charge is -2.33. The molecule has 1 N–H and O–H groups in total. The number of likely N-dealkylation sites (N-methyl/N-ethyl adjacent to an activating group) is 1. The Morgan fingerprint density at radius 1 is 1.64 bits per heavy atom. The highest BCUT2D eigenvalue weighted by Crippen LogP contribution is 2.16. The highest BCUT2D eigenvalue weighted by Gasteiger charge is 2.24. The molecule has 0 aromatic carbocycles. The maximum Gasteiger partial charge on any atom is 0.0548 e. The van der Waals surface area contributed by atoms with Gasteiger partial charge in [0.1, 0.15) is 0 Å². The summed E-state index contributed by atoms with van der Waals surface area (Å²) in [6.45, 7) is 3.76. The summed E-state index contributed by atoms with van der Waals surface area (Å²) < 4.78 is 0. The molecule has 4 nitrogen and oxygen atoms in total. The molecule has 4 heteroatoms. The largest absolute Gasteiger partial charge is 0.315 e. The molecule has 1 rings (SSSR count). The van der Waals surface area contributed by atoms with Crippen LogP contribution >= 0.6 is 0 Å². The average Bonchev–Trinajstić information content (AvgIpc) is 2.05. The van der Waals surface area contributed by atoms with Gasteiger partial charge in [-0.2, -0.15) is 0 Å². The van der Waals surface area contributed by atoms with Crippen LogP contribution in [-0.2, 0) is 0 Å². The summed E-state index contributed by atoms with van der Waals surface area (Å²) in [4.78, 5) is 10.2. The van der Waals surface area contributed by atoms with Crippen LogP contribution in [0.25, 0.3) is 0 Å². The van der Waals surface area contributed by atoms with E-state index in [-0.39, 0.29) is 0 Å². The molecular formula is C7H15N3O. The maximum absolute atomic E-state index is 10.2. The Morgan fingerprint density at radius 3 is 2.91 bits per heavy atom. The molecule has 1 fully saturated rings. The van der Waals surface area contributed by atoms with Crippen LogP contribution in [0.2, 0.25) is 0 Å². The van der Waals surface area contributed by atoms with Gasteiger partial charge < -0.3 is 5.32 Å². The SMILES string of the molecule is CN[C@H]1CN(N=O)CC[C@H]1C. The molecule has 0 bridgehead atoms. The molecule has 0 aliphatic carbocycles. The summed E-state index contributed by atoms with van der Waals surface area (Å²) in [6, 6.07) is 0.418. The summed E-state index contributed by atoms with van der Waals surface area (Å²) in [5.41, 5.74) is 0. The number of rotatable bonds is 2. The summed E-state index contributed by atoms with van der Waals surface area (Å²) >= 11 is 0. The molecule has 0 amide bonds. The normalized spacial score (nSPS) is 32.0. The summed E-state index contributed by atoms with van der Waals surface area (Å²) in [5, 5.41) is 7.69. The Balaban J connectivity index is 2.43. The van der Waals surface area contributed by atoms with E-state index in [2.05, 4.69) is 17.5 Å². The van der Waals surface area contributed by atoms with Gasteiger partial charge >= 0.3 is 0 Å². The lowest BCUT2D eigenvalue weighted by Crippen LogP contribution is -2.46. The predicted molar refractivity (Wildman–Crippen MR) is 44.0 cm³/mol. The van der Waals surface area contributed by atoms with E-state index in [9.17, 15) is 4.91 Å². The topological polar surface area (TPSA) is 44.7 Å². The van der Waals surface area contributed by atoms with Crippen molar-refractivity contribution in [2.75, 3.05) is 20.1 Å². The van der Waals surface area contributed by atoms with Crippen molar-refractivity contribution in [3.05, 3.63) is 4.91 Å². The molecule has 1 saturated heterocycles. The van der Waals surface area contributed by atoms with Crippen molar-refractivity contribution in [3.8, 4) is 0 Å². The Hall–Kier alpha value is -0.640. The first-order valence-corrected chi connectivity index (χ1v) is 4.03. The first-order chi connectivity index (χ1) is 5.27. The molecule has 0 spiro atoms. The number of piperidine rings is 1. The van der Waals surface area contributed by atoms with E-state index in [1.807, 2.05) is 7.05 Å². The molecule has 0 aromatic heterocycles. The van der Waals surface area contributed by atoms with Crippen molar-refractivity contribution in [1.29, 1.82) is 0 Å². The smallest absolute Gasteiger partial charge is 0.0548 e. The fourth-order valence-electron chi connectivity index (χ4n) is 1.50. The molecule has 1 heterocycles. The molecule has 0 saturated carbocycles. The minimum Gasteiger partial charge on any atom is -0.315 e. The first kappa shape index (κ1) is 8.46. The van der Waals surface area contributed by atoms with Crippen LogP contribution in [0.1, 0.15) is 13.3 Å². The third-order valence-electron chi connectivity index (χ3n) is 2.42. The molecule has 2 atom stereocenters. The van der Waals surface area contributed by atoms with Gasteiger partial charge in [-0.1, -0.05) is 6.92 Å². The summed E-state index contributed by atoms with van der Waals surface area (Å²) in [7, 11) is 1.93. The van der Waals surface area contributed by atoms with Crippen LogP contribution in [-0.4, -0.2) is 31.2 Å². The van der Waals surface area contributed by atoms with Crippen LogP contribution in [0.4, 0.5) is 0 Å². The number of hydrogen-bond donors (Lipinski definition) is 1. The van der Waals surface area contributed by atoms with Gasteiger partial charge in [-0.05, 0) is 19.4 Å². The quantitative estimate of drug-likeness (QED) is 0.597. The summed E-state index contributed by atoms with van der Waals surface area (Å²) in [5.74, 6) is 0.651. The van der Waals surface area contributed by atoms with Crippen LogP contribution in [0.5, 0.6) is 0 Å². The van der Waals surface area contributed by atoms with Crippen molar-refractivity contribution in [1.82, 2.24) is 10.3 Å². The van der Waals surface area contributed by atoms with Gasteiger partial charge in [0, 0.05) is 12.6 Å². The minimum atomic E-state index is 0.418. The van der Waals surface area contributed by atoms with E-state index >= 15 is 0 Å². The number of nitrogens with one attached hydrogen (secondary N) is 1. The van der Waals surface area contributed by atoms with E-state index in [1.54, 1.807) is 5.01 Å². The van der Waals surface area contributed by atoms with Gasteiger partial charge in [0.25, 0.3) is 0 Å². The van der Waals surface area contributed by atoms with E-state index in [0.29, 0.717) is 12.0 Å². The second-order valence-electron chi connectivity index (χ2n) is 3.16. The molecule has 1 aliphatic rings. The van der Waals surface area contributed by atoms with Gasteiger partial charge in [0.05, 0.1) is 11.8 Å². The zero-order valence-corrected chi connectivity index (χ0v) is 7.08. The van der Waals surface area contributed by atoms with Crippen LogP contribution in [0, 0.1) is 10.8 Å². The number of hydrogen-bond acceptors (Lipinski definition) is 3. The van der Waals surface area contributed by atoms with Crippen LogP contribution < -0.4 is 5.32 Å². The molecule has 1 aliphatic heterocycles. The van der Waals surface area contributed by atoms with Crippen molar-refractivity contribution < 1.29 is 0 Å².